The van der Waals surface area contributed by atoms with Crippen LogP contribution in [0.15, 0.2) is 18.2 Å². The lowest BCUT2D eigenvalue weighted by molar-refractivity contribution is 0.00578. The average molecular weight is 315 g/mol. The minimum absolute atomic E-state index is 0.0993. The summed E-state index contributed by atoms with van der Waals surface area (Å²) < 4.78 is 50.0. The summed E-state index contributed by atoms with van der Waals surface area (Å²) in [6.45, 7) is 7.62. The highest BCUT2D eigenvalue weighted by molar-refractivity contribution is 7.92. The Hall–Kier alpha value is -1.12. The molecular formula is C13H19BFNO4S. The Balaban J connectivity index is 2.26. The lowest BCUT2D eigenvalue weighted by Gasteiger charge is -2.32. The smallest absolute Gasteiger partial charge is 0.399 e. The largest absolute Gasteiger partial charge is 0.494 e. The first-order valence-corrected chi connectivity index (χ1v) is 8.43. The predicted molar refractivity (Wildman–Crippen MR) is 80.6 cm³/mol. The highest BCUT2D eigenvalue weighted by Crippen LogP contribution is 2.36. The Morgan fingerprint density at radius 1 is 1.14 bits per heavy atom. The molecule has 1 heterocycles. The molecular weight excluding hydrogens is 296 g/mol. The molecule has 1 aliphatic rings. The molecule has 0 bridgehead atoms. The van der Waals surface area contributed by atoms with E-state index in [-0.39, 0.29) is 5.69 Å². The van der Waals surface area contributed by atoms with Crippen molar-refractivity contribution in [2.45, 2.75) is 38.9 Å². The summed E-state index contributed by atoms with van der Waals surface area (Å²) in [6, 6.07) is 4.16. The molecule has 2 rings (SSSR count). The predicted octanol–water partition coefficient (Wildman–Crippen LogP) is 1.50. The first-order chi connectivity index (χ1) is 9.41. The number of anilines is 1. The number of benzene rings is 1. The fourth-order valence-electron chi connectivity index (χ4n) is 1.94. The van der Waals surface area contributed by atoms with E-state index in [9.17, 15) is 12.8 Å². The van der Waals surface area contributed by atoms with Crippen molar-refractivity contribution >= 4 is 28.3 Å². The lowest BCUT2D eigenvalue weighted by Crippen LogP contribution is -2.41. The van der Waals surface area contributed by atoms with Crippen LogP contribution >= 0.6 is 0 Å². The van der Waals surface area contributed by atoms with Crippen molar-refractivity contribution in [2.24, 2.45) is 0 Å². The number of sulfonamides is 1. The van der Waals surface area contributed by atoms with Gasteiger partial charge in [-0.05, 0) is 45.3 Å². The molecule has 116 valence electrons. The van der Waals surface area contributed by atoms with Gasteiger partial charge in [-0.25, -0.2) is 12.8 Å². The van der Waals surface area contributed by atoms with E-state index < -0.39 is 34.2 Å². The zero-order valence-corrected chi connectivity index (χ0v) is 13.5. The van der Waals surface area contributed by atoms with Gasteiger partial charge in [-0.1, -0.05) is 6.07 Å². The monoisotopic (exact) mass is 315 g/mol. The van der Waals surface area contributed by atoms with Crippen molar-refractivity contribution in [3.8, 4) is 0 Å². The molecule has 1 N–H and O–H groups in total. The molecule has 0 aliphatic carbocycles. The second-order valence-electron chi connectivity index (χ2n) is 6.20. The number of halogens is 1. The summed E-state index contributed by atoms with van der Waals surface area (Å²) >= 11 is 0. The molecule has 21 heavy (non-hydrogen) atoms. The van der Waals surface area contributed by atoms with Gasteiger partial charge in [-0.15, -0.1) is 0 Å². The lowest BCUT2D eigenvalue weighted by atomic mass is 9.79. The second kappa shape index (κ2) is 4.96. The van der Waals surface area contributed by atoms with Gasteiger partial charge in [0, 0.05) is 0 Å². The molecule has 1 aromatic rings. The molecule has 8 heteroatoms. The van der Waals surface area contributed by atoms with Crippen molar-refractivity contribution in [2.75, 3.05) is 11.0 Å². The van der Waals surface area contributed by atoms with Crippen LogP contribution in [0.1, 0.15) is 27.7 Å². The van der Waals surface area contributed by atoms with Gasteiger partial charge in [-0.2, -0.15) is 0 Å². The molecule has 0 amide bonds. The summed E-state index contributed by atoms with van der Waals surface area (Å²) in [6.07, 6.45) is 0.967. The zero-order valence-electron chi connectivity index (χ0n) is 12.7. The van der Waals surface area contributed by atoms with Crippen molar-refractivity contribution in [1.82, 2.24) is 0 Å². The minimum atomic E-state index is -3.52. The van der Waals surface area contributed by atoms with E-state index in [0.29, 0.717) is 5.46 Å². The van der Waals surface area contributed by atoms with Gasteiger partial charge in [0.2, 0.25) is 10.0 Å². The van der Waals surface area contributed by atoms with Gasteiger partial charge < -0.3 is 9.31 Å². The van der Waals surface area contributed by atoms with Crippen molar-refractivity contribution in [3.63, 3.8) is 0 Å². The number of hydrogen-bond donors (Lipinski definition) is 1. The van der Waals surface area contributed by atoms with E-state index in [2.05, 4.69) is 4.72 Å². The van der Waals surface area contributed by atoms with Gasteiger partial charge in [0.1, 0.15) is 5.82 Å². The van der Waals surface area contributed by atoms with E-state index in [1.807, 2.05) is 27.7 Å². The molecule has 0 spiro atoms. The Morgan fingerprint density at radius 2 is 1.67 bits per heavy atom. The van der Waals surface area contributed by atoms with Gasteiger partial charge in [0.15, 0.2) is 0 Å². The quantitative estimate of drug-likeness (QED) is 0.859. The van der Waals surface area contributed by atoms with Crippen molar-refractivity contribution < 1.29 is 22.1 Å². The van der Waals surface area contributed by atoms with Crippen LogP contribution in [0.25, 0.3) is 0 Å². The van der Waals surface area contributed by atoms with Crippen LogP contribution in [0.2, 0.25) is 0 Å². The van der Waals surface area contributed by atoms with Crippen LogP contribution in [0.3, 0.4) is 0 Å². The SMILES string of the molecule is CC1(C)OB(c2ccc(NS(C)(=O)=O)c(F)c2)OC1(C)C. The third kappa shape index (κ3) is 3.38. The van der Waals surface area contributed by atoms with Crippen molar-refractivity contribution in [3.05, 3.63) is 24.0 Å². The summed E-state index contributed by atoms with van der Waals surface area (Å²) in [4.78, 5) is 0. The van der Waals surface area contributed by atoms with Gasteiger partial charge in [-0.3, -0.25) is 4.72 Å². The third-order valence-electron chi connectivity index (χ3n) is 3.81. The van der Waals surface area contributed by atoms with Gasteiger partial charge in [0.25, 0.3) is 0 Å². The normalized spacial score (nSPS) is 20.6. The summed E-state index contributed by atoms with van der Waals surface area (Å²) in [7, 11) is -4.20. The molecule has 1 fully saturated rings. The second-order valence-corrected chi connectivity index (χ2v) is 7.95. The van der Waals surface area contributed by atoms with Gasteiger partial charge >= 0.3 is 7.12 Å². The first kappa shape index (κ1) is 16.3. The van der Waals surface area contributed by atoms with Crippen LogP contribution in [0, 0.1) is 5.82 Å². The van der Waals surface area contributed by atoms with E-state index >= 15 is 0 Å². The van der Waals surface area contributed by atoms with Crippen LogP contribution in [-0.2, 0) is 19.3 Å². The summed E-state index contributed by atoms with van der Waals surface area (Å²) in [5.41, 5.74) is -0.627. The molecule has 0 saturated carbocycles. The highest BCUT2D eigenvalue weighted by atomic mass is 32.2. The number of hydrogen-bond acceptors (Lipinski definition) is 4. The topological polar surface area (TPSA) is 64.6 Å². The maximum Gasteiger partial charge on any atom is 0.494 e. The summed E-state index contributed by atoms with van der Waals surface area (Å²) in [5, 5.41) is 0. The fraction of sp³-hybridized carbons (Fsp3) is 0.538. The molecule has 1 aromatic carbocycles. The Kier molecular flexibility index (Phi) is 3.84. The van der Waals surface area contributed by atoms with Crippen LogP contribution in [0.4, 0.5) is 10.1 Å². The Morgan fingerprint density at radius 3 is 2.10 bits per heavy atom. The van der Waals surface area contributed by atoms with Crippen LogP contribution in [0.5, 0.6) is 0 Å². The van der Waals surface area contributed by atoms with E-state index in [4.69, 9.17) is 9.31 Å². The maximum absolute atomic E-state index is 14.0. The zero-order chi connectivity index (χ0) is 16.1. The number of rotatable bonds is 3. The molecule has 0 atom stereocenters. The molecule has 1 saturated heterocycles. The van der Waals surface area contributed by atoms with Crippen LogP contribution in [-0.4, -0.2) is 33.0 Å². The van der Waals surface area contributed by atoms with E-state index in [0.717, 1.165) is 6.26 Å². The first-order valence-electron chi connectivity index (χ1n) is 6.54. The summed E-state index contributed by atoms with van der Waals surface area (Å²) in [5.74, 6) is -0.673. The molecule has 0 radical (unpaired) electrons. The maximum atomic E-state index is 14.0. The van der Waals surface area contributed by atoms with Crippen LogP contribution < -0.4 is 10.2 Å². The van der Waals surface area contributed by atoms with Crippen molar-refractivity contribution in [1.29, 1.82) is 0 Å². The average Bonchev–Trinajstić information content (AvgIpc) is 2.49. The fourth-order valence-corrected chi connectivity index (χ4v) is 2.50. The van der Waals surface area contributed by atoms with Gasteiger partial charge in [0.05, 0.1) is 23.1 Å². The molecule has 1 aliphatic heterocycles. The molecule has 0 aromatic heterocycles. The number of nitrogens with one attached hydrogen (secondary N) is 1. The Labute approximate surface area is 125 Å². The highest BCUT2D eigenvalue weighted by Gasteiger charge is 2.51. The minimum Gasteiger partial charge on any atom is -0.399 e. The van der Waals surface area contributed by atoms with E-state index in [1.54, 1.807) is 6.07 Å². The third-order valence-corrected chi connectivity index (χ3v) is 4.40. The van der Waals surface area contributed by atoms with E-state index in [1.165, 1.54) is 12.1 Å². The molecule has 5 nitrogen and oxygen atoms in total. The Bertz CT molecular complexity index is 644. The standard InChI is InChI=1S/C13H19BFNO4S/c1-12(2)13(3,4)20-14(19-12)9-6-7-11(10(15)8-9)16-21(5,17)18/h6-8,16H,1-5H3. The molecule has 0 unspecified atom stereocenters.